The van der Waals surface area contributed by atoms with Crippen LogP contribution in [0.25, 0.3) is 0 Å². The Morgan fingerprint density at radius 2 is 2.00 bits per heavy atom. The third-order valence-electron chi connectivity index (χ3n) is 2.60. The van der Waals surface area contributed by atoms with Crippen LogP contribution in [0, 0.1) is 17.0 Å². The van der Waals surface area contributed by atoms with Gasteiger partial charge in [0.15, 0.2) is 0 Å². The first-order valence-corrected chi connectivity index (χ1v) is 5.41. The van der Waals surface area contributed by atoms with Gasteiger partial charge in [-0.2, -0.15) is 4.98 Å². The van der Waals surface area contributed by atoms with Gasteiger partial charge in [0.05, 0.1) is 4.92 Å². The summed E-state index contributed by atoms with van der Waals surface area (Å²) in [6.45, 7) is 3.15. The molecule has 0 aromatic carbocycles. The van der Waals surface area contributed by atoms with Gasteiger partial charge in [-0.3, -0.25) is 10.1 Å². The van der Waals surface area contributed by atoms with Crippen molar-refractivity contribution in [3.05, 3.63) is 21.1 Å². The van der Waals surface area contributed by atoms with Gasteiger partial charge in [0.25, 0.3) is 0 Å². The Morgan fingerprint density at radius 3 is 2.56 bits per heavy atom. The molecule has 1 aliphatic heterocycles. The molecule has 2 heterocycles. The Kier molecular flexibility index (Phi) is 2.91. The molecule has 0 unspecified atom stereocenters. The molecule has 0 atom stereocenters. The monoisotopic (exact) mass is 242 g/mol. The van der Waals surface area contributed by atoms with Crippen LogP contribution in [-0.4, -0.2) is 28.0 Å². The SMILES string of the molecule is Cc1nc(Cl)nc(N2CCCC2)c1[N+](=O)[O-]. The van der Waals surface area contributed by atoms with E-state index in [9.17, 15) is 10.1 Å². The van der Waals surface area contributed by atoms with Crippen LogP contribution in [0.4, 0.5) is 11.5 Å². The topological polar surface area (TPSA) is 72.2 Å². The fourth-order valence-corrected chi connectivity index (χ4v) is 2.09. The summed E-state index contributed by atoms with van der Waals surface area (Å²) in [5, 5.41) is 11.0. The minimum atomic E-state index is -0.445. The van der Waals surface area contributed by atoms with Crippen molar-refractivity contribution in [3.63, 3.8) is 0 Å². The number of rotatable bonds is 2. The number of hydrogen-bond acceptors (Lipinski definition) is 5. The molecule has 1 aromatic heterocycles. The molecule has 0 amide bonds. The molecule has 7 heteroatoms. The first-order valence-electron chi connectivity index (χ1n) is 5.03. The molecule has 1 aromatic rings. The van der Waals surface area contributed by atoms with Gasteiger partial charge in [-0.25, -0.2) is 4.98 Å². The Labute approximate surface area is 97.4 Å². The molecule has 1 fully saturated rings. The van der Waals surface area contributed by atoms with Crippen molar-refractivity contribution in [2.75, 3.05) is 18.0 Å². The van der Waals surface area contributed by atoms with E-state index in [0.717, 1.165) is 25.9 Å². The van der Waals surface area contributed by atoms with E-state index >= 15 is 0 Å². The molecule has 0 bridgehead atoms. The lowest BCUT2D eigenvalue weighted by Gasteiger charge is -2.16. The van der Waals surface area contributed by atoms with Crippen molar-refractivity contribution in [1.29, 1.82) is 0 Å². The van der Waals surface area contributed by atoms with Crippen LogP contribution in [0.3, 0.4) is 0 Å². The van der Waals surface area contributed by atoms with Crippen LogP contribution < -0.4 is 4.90 Å². The minimum absolute atomic E-state index is 0.0358. The van der Waals surface area contributed by atoms with Crippen molar-refractivity contribution in [1.82, 2.24) is 9.97 Å². The molecular formula is C9H11ClN4O2. The third kappa shape index (κ3) is 1.92. The molecule has 0 spiro atoms. The highest BCUT2D eigenvalue weighted by molar-refractivity contribution is 6.28. The molecule has 0 saturated carbocycles. The highest BCUT2D eigenvalue weighted by atomic mass is 35.5. The van der Waals surface area contributed by atoms with Gasteiger partial charge in [-0.1, -0.05) is 0 Å². The van der Waals surface area contributed by atoms with Crippen molar-refractivity contribution in [2.45, 2.75) is 19.8 Å². The van der Waals surface area contributed by atoms with Crippen molar-refractivity contribution in [3.8, 4) is 0 Å². The predicted octanol–water partition coefficient (Wildman–Crippen LogP) is 1.95. The summed E-state index contributed by atoms with van der Waals surface area (Å²) >= 11 is 5.73. The van der Waals surface area contributed by atoms with Crippen molar-refractivity contribution in [2.24, 2.45) is 0 Å². The van der Waals surface area contributed by atoms with Crippen molar-refractivity contribution >= 4 is 23.1 Å². The first-order chi connectivity index (χ1) is 7.59. The molecule has 16 heavy (non-hydrogen) atoms. The van der Waals surface area contributed by atoms with Crippen LogP contribution in [0.2, 0.25) is 5.28 Å². The number of nitro groups is 1. The normalized spacial score (nSPS) is 15.5. The summed E-state index contributed by atoms with van der Waals surface area (Å²) in [5.41, 5.74) is 0.276. The maximum atomic E-state index is 11.0. The molecule has 0 N–H and O–H groups in total. The highest BCUT2D eigenvalue weighted by Crippen LogP contribution is 2.31. The zero-order valence-electron chi connectivity index (χ0n) is 8.81. The largest absolute Gasteiger partial charge is 0.351 e. The van der Waals surface area contributed by atoms with Gasteiger partial charge in [-0.15, -0.1) is 0 Å². The smallest absolute Gasteiger partial charge is 0.332 e. The molecular weight excluding hydrogens is 232 g/mol. The molecule has 2 rings (SSSR count). The summed E-state index contributed by atoms with van der Waals surface area (Å²) in [4.78, 5) is 20.2. The van der Waals surface area contributed by atoms with Gasteiger partial charge in [-0.05, 0) is 31.4 Å². The first kappa shape index (κ1) is 11.1. The van der Waals surface area contributed by atoms with Crippen LogP contribution in [0.5, 0.6) is 0 Å². The van der Waals surface area contributed by atoms with E-state index < -0.39 is 4.92 Å². The minimum Gasteiger partial charge on any atom is -0.351 e. The lowest BCUT2D eigenvalue weighted by atomic mass is 10.3. The summed E-state index contributed by atoms with van der Waals surface area (Å²) in [7, 11) is 0. The number of hydrogen-bond donors (Lipinski definition) is 0. The van der Waals surface area contributed by atoms with Gasteiger partial charge >= 0.3 is 5.69 Å². The Balaban J connectivity index is 2.52. The maximum Gasteiger partial charge on any atom is 0.332 e. The molecule has 1 aliphatic rings. The van der Waals surface area contributed by atoms with Crippen molar-refractivity contribution < 1.29 is 4.92 Å². The van der Waals surface area contributed by atoms with E-state index in [2.05, 4.69) is 9.97 Å². The van der Waals surface area contributed by atoms with Crippen LogP contribution in [-0.2, 0) is 0 Å². The van der Waals surface area contributed by atoms with E-state index in [0.29, 0.717) is 11.5 Å². The molecule has 0 aliphatic carbocycles. The molecule has 86 valence electrons. The van der Waals surface area contributed by atoms with E-state index in [4.69, 9.17) is 11.6 Å². The summed E-state index contributed by atoms with van der Waals surface area (Å²) < 4.78 is 0. The fourth-order valence-electron chi connectivity index (χ4n) is 1.88. The lowest BCUT2D eigenvalue weighted by molar-refractivity contribution is -0.385. The average Bonchev–Trinajstić information content (AvgIpc) is 2.67. The number of anilines is 1. The Bertz CT molecular complexity index is 432. The maximum absolute atomic E-state index is 11.0. The number of aromatic nitrogens is 2. The van der Waals surface area contributed by atoms with Gasteiger partial charge in [0.2, 0.25) is 11.1 Å². The Morgan fingerprint density at radius 1 is 1.38 bits per heavy atom. The quantitative estimate of drug-likeness (QED) is 0.450. The number of nitrogens with zero attached hydrogens (tertiary/aromatic N) is 4. The average molecular weight is 243 g/mol. The second-order valence-corrected chi connectivity index (χ2v) is 4.04. The van der Waals surface area contributed by atoms with Crippen LogP contribution in [0.15, 0.2) is 0 Å². The van der Waals surface area contributed by atoms with Crippen LogP contribution in [0.1, 0.15) is 18.5 Å². The highest BCUT2D eigenvalue weighted by Gasteiger charge is 2.27. The Hall–Kier alpha value is -1.43. The summed E-state index contributed by atoms with van der Waals surface area (Å²) in [6.07, 6.45) is 2.05. The molecule has 6 nitrogen and oxygen atoms in total. The van der Waals surface area contributed by atoms with E-state index in [1.165, 1.54) is 0 Å². The fraction of sp³-hybridized carbons (Fsp3) is 0.556. The second kappa shape index (κ2) is 4.21. The van der Waals surface area contributed by atoms with Crippen LogP contribution >= 0.6 is 11.6 Å². The summed E-state index contributed by atoms with van der Waals surface area (Å²) in [5.74, 6) is 0.347. The standard InChI is InChI=1S/C9H11ClN4O2/c1-6-7(14(15)16)8(12-9(10)11-6)13-4-2-3-5-13/h2-5H2,1H3. The molecule has 1 saturated heterocycles. The van der Waals surface area contributed by atoms with E-state index in [1.807, 2.05) is 4.90 Å². The second-order valence-electron chi connectivity index (χ2n) is 3.70. The van der Waals surface area contributed by atoms with E-state index in [1.54, 1.807) is 6.92 Å². The number of aryl methyl sites for hydroxylation is 1. The summed E-state index contributed by atoms with van der Waals surface area (Å²) in [6, 6.07) is 0. The van der Waals surface area contributed by atoms with E-state index in [-0.39, 0.29) is 11.0 Å². The zero-order chi connectivity index (χ0) is 11.7. The zero-order valence-corrected chi connectivity index (χ0v) is 9.57. The lowest BCUT2D eigenvalue weighted by Crippen LogP contribution is -2.21. The van der Waals surface area contributed by atoms with Gasteiger partial charge in [0, 0.05) is 13.1 Å². The third-order valence-corrected chi connectivity index (χ3v) is 2.77. The van der Waals surface area contributed by atoms with Gasteiger partial charge < -0.3 is 4.90 Å². The van der Waals surface area contributed by atoms with Gasteiger partial charge in [0.1, 0.15) is 5.69 Å². The predicted molar refractivity (Wildman–Crippen MR) is 59.9 cm³/mol. The number of halogens is 1. The molecule has 0 radical (unpaired) electrons.